The molecular formula is C24H34N4O3S. The Morgan fingerprint density at radius 3 is 2.69 bits per heavy atom. The number of aromatic nitrogens is 2. The lowest BCUT2D eigenvalue weighted by Gasteiger charge is -2.35. The first-order valence-corrected chi connectivity index (χ1v) is 12.7. The van der Waals surface area contributed by atoms with Gasteiger partial charge in [0.15, 0.2) is 0 Å². The van der Waals surface area contributed by atoms with Crippen LogP contribution in [0.15, 0.2) is 40.0 Å². The zero-order chi connectivity index (χ0) is 22.9. The molecule has 7 nitrogen and oxygen atoms in total. The van der Waals surface area contributed by atoms with E-state index in [4.69, 9.17) is 4.42 Å². The molecule has 0 aliphatic carbocycles. The van der Waals surface area contributed by atoms with Crippen LogP contribution in [0.1, 0.15) is 62.2 Å². The van der Waals surface area contributed by atoms with Crippen LogP contribution in [0, 0.1) is 5.92 Å². The molecule has 2 aromatic rings. The quantitative estimate of drug-likeness (QED) is 0.402. The van der Waals surface area contributed by atoms with Crippen LogP contribution in [-0.4, -0.2) is 58.2 Å². The van der Waals surface area contributed by atoms with Gasteiger partial charge in [-0.1, -0.05) is 62.4 Å². The third-order valence-corrected chi connectivity index (χ3v) is 6.32. The van der Waals surface area contributed by atoms with Crippen molar-refractivity contribution in [3.05, 3.63) is 41.8 Å². The minimum absolute atomic E-state index is 0.0383. The van der Waals surface area contributed by atoms with E-state index >= 15 is 0 Å². The van der Waals surface area contributed by atoms with Gasteiger partial charge in [0.1, 0.15) is 0 Å². The average molecular weight is 459 g/mol. The highest BCUT2D eigenvalue weighted by Crippen LogP contribution is 2.20. The van der Waals surface area contributed by atoms with E-state index in [-0.39, 0.29) is 29.5 Å². The van der Waals surface area contributed by atoms with E-state index in [0.29, 0.717) is 11.6 Å². The zero-order valence-corrected chi connectivity index (χ0v) is 20.1. The summed E-state index contributed by atoms with van der Waals surface area (Å²) in [6.07, 6.45) is 7.28. The number of aryl methyl sites for hydroxylation is 1. The second-order valence-corrected chi connectivity index (χ2v) is 9.53. The molecule has 0 saturated carbocycles. The Kier molecular flexibility index (Phi) is 9.29. The molecule has 1 fully saturated rings. The number of piperidine rings is 1. The molecular weight excluding hydrogens is 424 g/mol. The predicted octanol–water partition coefficient (Wildman–Crippen LogP) is 3.99. The summed E-state index contributed by atoms with van der Waals surface area (Å²) in [6.45, 7) is 5.85. The molecule has 2 atom stereocenters. The fourth-order valence-corrected chi connectivity index (χ4v) is 4.48. The second kappa shape index (κ2) is 12.2. The van der Waals surface area contributed by atoms with Gasteiger partial charge in [-0.3, -0.25) is 14.5 Å². The molecule has 1 amide bonds. The monoisotopic (exact) mass is 458 g/mol. The number of thioether (sulfide) groups is 1. The van der Waals surface area contributed by atoms with E-state index in [1.54, 1.807) is 0 Å². The summed E-state index contributed by atoms with van der Waals surface area (Å²) in [5.74, 6) is -0.191. The molecule has 8 heteroatoms. The van der Waals surface area contributed by atoms with Gasteiger partial charge in [0.25, 0.3) is 11.1 Å². The van der Waals surface area contributed by atoms with Crippen LogP contribution < -0.4 is 5.32 Å². The Morgan fingerprint density at radius 2 is 2.00 bits per heavy atom. The van der Waals surface area contributed by atoms with E-state index < -0.39 is 6.04 Å². The van der Waals surface area contributed by atoms with E-state index in [9.17, 15) is 9.59 Å². The molecule has 0 unspecified atom stereocenters. The number of benzene rings is 1. The van der Waals surface area contributed by atoms with Gasteiger partial charge in [0.05, 0.1) is 12.1 Å². The van der Waals surface area contributed by atoms with Gasteiger partial charge in [-0.15, -0.1) is 10.2 Å². The first kappa shape index (κ1) is 24.5. The summed E-state index contributed by atoms with van der Waals surface area (Å²) < 4.78 is 5.43. The number of Topliss-reactive ketones (excluding diaryl/α,β-unsaturated/α-hetero) is 1. The lowest BCUT2D eigenvalue weighted by molar-refractivity contribution is -0.128. The Bertz CT molecular complexity index is 871. The molecule has 0 spiro atoms. The van der Waals surface area contributed by atoms with Crippen LogP contribution >= 0.6 is 11.8 Å². The molecule has 3 rings (SSSR count). The van der Waals surface area contributed by atoms with Crippen LogP contribution in [0.3, 0.4) is 0 Å². The topological polar surface area (TPSA) is 88.3 Å². The highest BCUT2D eigenvalue weighted by Gasteiger charge is 2.33. The van der Waals surface area contributed by atoms with E-state index in [0.717, 1.165) is 45.2 Å². The molecule has 1 aliphatic heterocycles. The Balaban J connectivity index is 1.62. The summed E-state index contributed by atoms with van der Waals surface area (Å²) in [6, 6.07) is 9.57. The molecule has 1 aromatic heterocycles. The smallest absolute Gasteiger partial charge is 0.286 e. The molecule has 174 valence electrons. The number of nitrogens with one attached hydrogen (secondary N) is 1. The molecule has 32 heavy (non-hydrogen) atoms. The van der Waals surface area contributed by atoms with Gasteiger partial charge in [0.2, 0.25) is 11.7 Å². The molecule has 0 bridgehead atoms. The SMILES string of the molecule is CSc1nnc(C(=O)[C@H](CC(C)C)NC(=O)[C@@H]2CCCCN2CCCc2ccccc2)o1. The van der Waals surface area contributed by atoms with Gasteiger partial charge >= 0.3 is 0 Å². The number of nitrogens with zero attached hydrogens (tertiary/aromatic N) is 3. The van der Waals surface area contributed by atoms with Crippen molar-refractivity contribution in [3.8, 4) is 0 Å². The normalized spacial score (nSPS) is 17.9. The van der Waals surface area contributed by atoms with Crippen LogP contribution in [0.2, 0.25) is 0 Å². The molecule has 1 aromatic carbocycles. The molecule has 1 aliphatic rings. The number of amides is 1. The van der Waals surface area contributed by atoms with E-state index in [2.05, 4.69) is 44.7 Å². The van der Waals surface area contributed by atoms with Crippen molar-refractivity contribution < 1.29 is 14.0 Å². The lowest BCUT2D eigenvalue weighted by atomic mass is 9.97. The maximum atomic E-state index is 13.3. The Morgan fingerprint density at radius 1 is 1.22 bits per heavy atom. The number of carbonyl (C=O) groups excluding carboxylic acids is 2. The maximum absolute atomic E-state index is 13.3. The van der Waals surface area contributed by atoms with Crippen molar-refractivity contribution in [2.24, 2.45) is 5.92 Å². The van der Waals surface area contributed by atoms with E-state index in [1.165, 1.54) is 17.3 Å². The third kappa shape index (κ3) is 6.90. The van der Waals surface area contributed by atoms with Crippen molar-refractivity contribution in [2.75, 3.05) is 19.3 Å². The van der Waals surface area contributed by atoms with Gasteiger partial charge in [-0.2, -0.15) is 0 Å². The highest BCUT2D eigenvalue weighted by molar-refractivity contribution is 7.98. The standard InChI is InChI=1S/C24H34N4O3S/c1-17(2)16-19(21(29)23-26-27-24(31-23)32-3)25-22(30)20-13-7-8-14-28(20)15-9-12-18-10-5-4-6-11-18/h4-6,10-11,17,19-20H,7-9,12-16H2,1-3H3,(H,25,30)/t19-,20-/m0/s1. The number of carbonyl (C=O) groups is 2. The van der Waals surface area contributed by atoms with Crippen LogP contribution in [0.5, 0.6) is 0 Å². The summed E-state index contributed by atoms with van der Waals surface area (Å²) >= 11 is 1.29. The fourth-order valence-electron chi connectivity index (χ4n) is 4.20. The van der Waals surface area contributed by atoms with Gasteiger partial charge < -0.3 is 9.73 Å². The molecule has 2 heterocycles. The van der Waals surface area contributed by atoms with Gasteiger partial charge in [0, 0.05) is 0 Å². The third-order valence-electron chi connectivity index (χ3n) is 5.80. The minimum Gasteiger partial charge on any atom is -0.408 e. The first-order valence-electron chi connectivity index (χ1n) is 11.5. The number of likely N-dealkylation sites (tertiary alicyclic amines) is 1. The molecule has 0 radical (unpaired) electrons. The van der Waals surface area contributed by atoms with Crippen molar-refractivity contribution >= 4 is 23.5 Å². The Labute approximate surface area is 194 Å². The zero-order valence-electron chi connectivity index (χ0n) is 19.3. The van der Waals surface area contributed by atoms with Crippen LogP contribution in [-0.2, 0) is 11.2 Å². The molecule has 1 N–H and O–H groups in total. The first-order chi connectivity index (χ1) is 15.5. The summed E-state index contributed by atoms with van der Waals surface area (Å²) in [5.41, 5.74) is 1.32. The minimum atomic E-state index is -0.661. The van der Waals surface area contributed by atoms with E-state index in [1.807, 2.05) is 26.2 Å². The number of hydrogen-bond acceptors (Lipinski definition) is 7. The highest BCUT2D eigenvalue weighted by atomic mass is 32.2. The largest absolute Gasteiger partial charge is 0.408 e. The van der Waals surface area contributed by atoms with Crippen molar-refractivity contribution in [3.63, 3.8) is 0 Å². The van der Waals surface area contributed by atoms with Crippen molar-refractivity contribution in [1.29, 1.82) is 0 Å². The van der Waals surface area contributed by atoms with Gasteiger partial charge in [-0.25, -0.2) is 0 Å². The number of hydrogen-bond donors (Lipinski definition) is 1. The Hall–Kier alpha value is -2.19. The van der Waals surface area contributed by atoms with Crippen LogP contribution in [0.25, 0.3) is 0 Å². The van der Waals surface area contributed by atoms with Gasteiger partial charge in [-0.05, 0) is 62.9 Å². The maximum Gasteiger partial charge on any atom is 0.286 e. The second-order valence-electron chi connectivity index (χ2n) is 8.77. The summed E-state index contributed by atoms with van der Waals surface area (Å²) in [5, 5.41) is 11.1. The average Bonchev–Trinajstić information content (AvgIpc) is 3.28. The molecule has 1 saturated heterocycles. The summed E-state index contributed by atoms with van der Waals surface area (Å²) in [4.78, 5) is 28.5. The fraction of sp³-hybridized carbons (Fsp3) is 0.583. The van der Waals surface area contributed by atoms with Crippen molar-refractivity contribution in [1.82, 2.24) is 20.4 Å². The van der Waals surface area contributed by atoms with Crippen LogP contribution in [0.4, 0.5) is 0 Å². The lowest BCUT2D eigenvalue weighted by Crippen LogP contribution is -2.53. The number of rotatable bonds is 11. The van der Waals surface area contributed by atoms with Crippen molar-refractivity contribution in [2.45, 2.75) is 69.7 Å². The number of ketones is 1. The predicted molar refractivity (Wildman–Crippen MR) is 126 cm³/mol. The summed E-state index contributed by atoms with van der Waals surface area (Å²) in [7, 11) is 0.